The molecule has 0 amide bonds. The number of anilines is 1. The van der Waals surface area contributed by atoms with E-state index in [4.69, 9.17) is 19.5 Å². The summed E-state index contributed by atoms with van der Waals surface area (Å²) in [6, 6.07) is 17.0. The monoisotopic (exact) mass is 487 g/mol. The number of rotatable bonds is 8. The number of benzene rings is 2. The molecule has 190 valence electrons. The van der Waals surface area contributed by atoms with Crippen LogP contribution in [0.3, 0.4) is 0 Å². The molecule has 1 aromatic heterocycles. The van der Waals surface area contributed by atoms with Gasteiger partial charge in [-0.1, -0.05) is 18.2 Å². The Bertz CT molecular complexity index is 1240. The predicted molar refractivity (Wildman–Crippen MR) is 147 cm³/mol. The Kier molecular flexibility index (Phi) is 7.28. The van der Waals surface area contributed by atoms with E-state index in [0.717, 1.165) is 79.9 Å². The van der Waals surface area contributed by atoms with Crippen LogP contribution in [0.5, 0.6) is 11.5 Å². The highest BCUT2D eigenvalue weighted by atomic mass is 16.5. The molecule has 0 N–H and O–H groups in total. The summed E-state index contributed by atoms with van der Waals surface area (Å²) in [7, 11) is 5.49. The van der Waals surface area contributed by atoms with Crippen molar-refractivity contribution in [3.05, 3.63) is 54.1 Å². The van der Waals surface area contributed by atoms with Crippen molar-refractivity contribution in [1.82, 2.24) is 14.8 Å². The lowest BCUT2D eigenvalue weighted by Gasteiger charge is -2.36. The third-order valence-electron chi connectivity index (χ3n) is 7.63. The van der Waals surface area contributed by atoms with Crippen LogP contribution in [-0.4, -0.2) is 74.6 Å². The van der Waals surface area contributed by atoms with Gasteiger partial charge in [-0.25, -0.2) is 9.98 Å². The van der Waals surface area contributed by atoms with Gasteiger partial charge in [0.2, 0.25) is 0 Å². The summed E-state index contributed by atoms with van der Waals surface area (Å²) in [6.07, 6.45) is 3.29. The molecule has 1 fully saturated rings. The van der Waals surface area contributed by atoms with Crippen LogP contribution in [0.1, 0.15) is 37.8 Å². The van der Waals surface area contributed by atoms with Crippen LogP contribution in [0.2, 0.25) is 0 Å². The van der Waals surface area contributed by atoms with Crippen LogP contribution < -0.4 is 14.4 Å². The summed E-state index contributed by atoms with van der Waals surface area (Å²) >= 11 is 0. The Labute approximate surface area is 214 Å². The number of ether oxygens (including phenoxy) is 2. The fraction of sp³-hybridized carbons (Fsp3) is 0.448. The third-order valence-corrected chi connectivity index (χ3v) is 7.63. The molecule has 7 nitrogen and oxygen atoms in total. The van der Waals surface area contributed by atoms with Crippen molar-refractivity contribution in [3.8, 4) is 11.5 Å². The SMILES string of the molecule is COc1cc2c(cc1OC)C(C)N(C)C(CCCCN1CCN(c3ccc4ccccc4n3)CC1)=N2. The number of aliphatic imine (C=N–C) groups is 1. The van der Waals surface area contributed by atoms with Gasteiger partial charge in [0.15, 0.2) is 11.5 Å². The first-order valence-electron chi connectivity index (χ1n) is 13.0. The molecule has 3 aromatic rings. The Morgan fingerprint density at radius 3 is 2.44 bits per heavy atom. The number of piperazine rings is 1. The minimum Gasteiger partial charge on any atom is -0.493 e. The number of para-hydroxylation sites is 1. The van der Waals surface area contributed by atoms with Crippen molar-refractivity contribution in [3.63, 3.8) is 0 Å². The zero-order chi connectivity index (χ0) is 25.1. The molecule has 3 heterocycles. The molecule has 0 aliphatic carbocycles. The highest BCUT2D eigenvalue weighted by Gasteiger charge is 2.26. The van der Waals surface area contributed by atoms with Gasteiger partial charge >= 0.3 is 0 Å². The van der Waals surface area contributed by atoms with E-state index in [1.165, 1.54) is 17.4 Å². The molecule has 0 bridgehead atoms. The second-order valence-electron chi connectivity index (χ2n) is 9.73. The van der Waals surface area contributed by atoms with Gasteiger partial charge < -0.3 is 19.3 Å². The summed E-state index contributed by atoms with van der Waals surface area (Å²) in [5, 5.41) is 1.20. The molecule has 2 aromatic carbocycles. The summed E-state index contributed by atoms with van der Waals surface area (Å²) in [5.74, 6) is 3.73. The maximum Gasteiger partial charge on any atom is 0.162 e. The topological polar surface area (TPSA) is 53.4 Å². The maximum atomic E-state index is 5.50. The van der Waals surface area contributed by atoms with Crippen molar-refractivity contribution in [2.24, 2.45) is 4.99 Å². The number of methoxy groups -OCH3 is 2. The Morgan fingerprint density at radius 1 is 0.917 bits per heavy atom. The number of fused-ring (bicyclic) bond motifs is 2. The van der Waals surface area contributed by atoms with Crippen molar-refractivity contribution in [2.75, 3.05) is 58.9 Å². The van der Waals surface area contributed by atoms with Gasteiger partial charge in [-0.3, -0.25) is 4.90 Å². The molecule has 1 saturated heterocycles. The van der Waals surface area contributed by atoms with E-state index >= 15 is 0 Å². The van der Waals surface area contributed by atoms with Crippen molar-refractivity contribution in [2.45, 2.75) is 32.2 Å². The average molecular weight is 488 g/mol. The Balaban J connectivity index is 1.12. The van der Waals surface area contributed by atoms with Crippen LogP contribution in [-0.2, 0) is 0 Å². The van der Waals surface area contributed by atoms with Crippen LogP contribution in [0.15, 0.2) is 53.5 Å². The quantitative estimate of drug-likeness (QED) is 0.403. The van der Waals surface area contributed by atoms with Crippen molar-refractivity contribution in [1.29, 1.82) is 0 Å². The number of unbranched alkanes of at least 4 members (excludes halogenated alkanes) is 1. The molecule has 1 unspecified atom stereocenters. The lowest BCUT2D eigenvalue weighted by Crippen LogP contribution is -2.46. The molecular formula is C29H37N5O2. The second-order valence-corrected chi connectivity index (χ2v) is 9.73. The predicted octanol–water partition coefficient (Wildman–Crippen LogP) is 5.28. The largest absolute Gasteiger partial charge is 0.493 e. The van der Waals surface area contributed by atoms with Crippen LogP contribution in [0, 0.1) is 0 Å². The fourth-order valence-corrected chi connectivity index (χ4v) is 5.25. The van der Waals surface area contributed by atoms with Crippen molar-refractivity contribution >= 4 is 28.2 Å². The standard InChI is InChI=1S/C29H37N5O2/c1-21-23-19-26(35-3)27(36-4)20-25(23)31-28(32(21)2)11-7-8-14-33-15-17-34(18-16-33)29-13-12-22-9-5-6-10-24(22)30-29/h5-6,9-10,12-13,19-21H,7-8,11,14-18H2,1-4H3. The molecule has 0 spiro atoms. The molecule has 36 heavy (non-hydrogen) atoms. The number of nitrogens with zero attached hydrogens (tertiary/aromatic N) is 5. The van der Waals surface area contributed by atoms with E-state index in [1.54, 1.807) is 14.2 Å². The van der Waals surface area contributed by atoms with E-state index < -0.39 is 0 Å². The molecule has 1 atom stereocenters. The normalized spacial score (nSPS) is 18.2. The lowest BCUT2D eigenvalue weighted by atomic mass is 10.0. The third kappa shape index (κ3) is 4.98. The van der Waals surface area contributed by atoms with Crippen LogP contribution in [0.25, 0.3) is 10.9 Å². The summed E-state index contributed by atoms with van der Waals surface area (Å²) in [4.78, 5) is 17.2. The highest BCUT2D eigenvalue weighted by molar-refractivity contribution is 5.88. The summed E-state index contributed by atoms with van der Waals surface area (Å²) in [6.45, 7) is 7.58. The second kappa shape index (κ2) is 10.7. The molecule has 2 aliphatic heterocycles. The first-order chi connectivity index (χ1) is 17.6. The van der Waals surface area contributed by atoms with Gasteiger partial charge in [0.25, 0.3) is 0 Å². The number of amidine groups is 1. The smallest absolute Gasteiger partial charge is 0.162 e. The number of hydrogen-bond acceptors (Lipinski definition) is 7. The number of pyridine rings is 1. The van der Waals surface area contributed by atoms with E-state index in [-0.39, 0.29) is 6.04 Å². The van der Waals surface area contributed by atoms with Crippen molar-refractivity contribution < 1.29 is 9.47 Å². The average Bonchev–Trinajstić information content (AvgIpc) is 2.93. The zero-order valence-electron chi connectivity index (χ0n) is 21.9. The first kappa shape index (κ1) is 24.4. The zero-order valence-corrected chi connectivity index (χ0v) is 21.9. The first-order valence-corrected chi connectivity index (χ1v) is 13.0. The molecule has 7 heteroatoms. The minimum absolute atomic E-state index is 0.254. The van der Waals surface area contributed by atoms with Gasteiger partial charge in [0, 0.05) is 56.7 Å². The Hall–Kier alpha value is -3.32. The summed E-state index contributed by atoms with van der Waals surface area (Å²) < 4.78 is 11.0. The summed E-state index contributed by atoms with van der Waals surface area (Å²) in [5.41, 5.74) is 3.24. The van der Waals surface area contributed by atoms with E-state index in [0.29, 0.717) is 0 Å². The van der Waals surface area contributed by atoms with Gasteiger partial charge in [-0.15, -0.1) is 0 Å². The Morgan fingerprint density at radius 2 is 1.67 bits per heavy atom. The van der Waals surface area contributed by atoms with Crippen LogP contribution >= 0.6 is 0 Å². The van der Waals surface area contributed by atoms with Gasteiger partial charge in [-0.05, 0) is 50.6 Å². The number of aromatic nitrogens is 1. The van der Waals surface area contributed by atoms with E-state index in [9.17, 15) is 0 Å². The molecule has 5 rings (SSSR count). The maximum absolute atomic E-state index is 5.50. The van der Waals surface area contributed by atoms with E-state index in [2.05, 4.69) is 71.1 Å². The fourth-order valence-electron chi connectivity index (χ4n) is 5.25. The van der Waals surface area contributed by atoms with Gasteiger partial charge in [0.1, 0.15) is 11.7 Å². The van der Waals surface area contributed by atoms with Gasteiger partial charge in [0.05, 0.1) is 31.5 Å². The van der Waals surface area contributed by atoms with Gasteiger partial charge in [-0.2, -0.15) is 0 Å². The molecular weight excluding hydrogens is 450 g/mol. The van der Waals surface area contributed by atoms with E-state index in [1.807, 2.05) is 6.07 Å². The molecule has 0 saturated carbocycles. The molecule has 2 aliphatic rings. The van der Waals surface area contributed by atoms with Crippen LogP contribution in [0.4, 0.5) is 11.5 Å². The number of hydrogen-bond donors (Lipinski definition) is 0. The lowest BCUT2D eigenvalue weighted by molar-refractivity contribution is 0.252. The molecule has 0 radical (unpaired) electrons. The highest BCUT2D eigenvalue weighted by Crippen LogP contribution is 2.42. The minimum atomic E-state index is 0.254.